The summed E-state index contributed by atoms with van der Waals surface area (Å²) in [6, 6.07) is -0.944. The number of carbonyl (C=O) groups excluding carboxylic acids is 1. The monoisotopic (exact) mass is 963 g/mol. The minimum absolute atomic E-state index is 0.0252. The molecular formula is C59H99N2O6P. The molecule has 1 amide bonds. The van der Waals surface area contributed by atoms with Gasteiger partial charge in [-0.2, -0.15) is 0 Å². The number of carbonyl (C=O) groups is 1. The molecule has 0 aromatic heterocycles. The first-order valence-electron chi connectivity index (χ1n) is 26.5. The second kappa shape index (κ2) is 48.7. The Morgan fingerprint density at radius 2 is 0.912 bits per heavy atom. The topological polar surface area (TPSA) is 108 Å². The summed E-state index contributed by atoms with van der Waals surface area (Å²) in [5.74, 6) is -0.271. The van der Waals surface area contributed by atoms with E-state index in [0.717, 1.165) is 83.5 Å². The van der Waals surface area contributed by atoms with Gasteiger partial charge in [0.15, 0.2) is 0 Å². The number of amides is 1. The van der Waals surface area contributed by atoms with Crippen molar-refractivity contribution in [2.75, 3.05) is 40.9 Å². The molecule has 0 rings (SSSR count). The number of unbranched alkanes of at least 4 members (excludes halogenated alkanes) is 13. The number of allylic oxidation sites excluding steroid dienone is 21. The molecule has 0 bridgehead atoms. The van der Waals surface area contributed by atoms with Crippen LogP contribution in [0.1, 0.15) is 181 Å². The number of nitrogens with zero attached hydrogens (tertiary/aromatic N) is 1. The van der Waals surface area contributed by atoms with E-state index >= 15 is 0 Å². The maximum Gasteiger partial charge on any atom is 0.268 e. The van der Waals surface area contributed by atoms with Crippen LogP contribution in [0.4, 0.5) is 0 Å². The Labute approximate surface area is 417 Å². The Hall–Kier alpha value is -3.36. The lowest BCUT2D eigenvalue weighted by Crippen LogP contribution is -2.45. The van der Waals surface area contributed by atoms with Crippen LogP contribution in [0.15, 0.2) is 134 Å². The highest BCUT2D eigenvalue weighted by Gasteiger charge is 2.23. The molecule has 0 radical (unpaired) electrons. The van der Waals surface area contributed by atoms with Crippen molar-refractivity contribution in [2.45, 2.75) is 193 Å². The van der Waals surface area contributed by atoms with Gasteiger partial charge in [0.05, 0.1) is 39.9 Å². The molecular weight excluding hydrogens is 864 g/mol. The Morgan fingerprint density at radius 3 is 1.37 bits per heavy atom. The molecule has 0 saturated carbocycles. The summed E-state index contributed by atoms with van der Waals surface area (Å²) in [6.45, 7) is 4.44. The summed E-state index contributed by atoms with van der Waals surface area (Å²) in [5.41, 5.74) is 0. The van der Waals surface area contributed by atoms with E-state index in [-0.39, 0.29) is 18.9 Å². The predicted molar refractivity (Wildman–Crippen MR) is 292 cm³/mol. The molecule has 0 aromatic rings. The fourth-order valence-electron chi connectivity index (χ4n) is 6.70. The Morgan fingerprint density at radius 1 is 0.529 bits per heavy atom. The van der Waals surface area contributed by atoms with Gasteiger partial charge < -0.3 is 28.8 Å². The normalized spacial score (nSPS) is 15.1. The molecule has 68 heavy (non-hydrogen) atoms. The van der Waals surface area contributed by atoms with Crippen molar-refractivity contribution < 1.29 is 32.9 Å². The number of likely N-dealkylation sites (N-methyl/N-ethyl adjacent to an activating group) is 1. The summed E-state index contributed by atoms with van der Waals surface area (Å²) < 4.78 is 23.2. The Kier molecular flexibility index (Phi) is 46.3. The van der Waals surface area contributed by atoms with E-state index in [1.165, 1.54) is 70.6 Å². The van der Waals surface area contributed by atoms with E-state index in [1.54, 1.807) is 6.08 Å². The van der Waals surface area contributed by atoms with Gasteiger partial charge in [0.1, 0.15) is 13.2 Å². The average molecular weight is 963 g/mol. The van der Waals surface area contributed by atoms with Crippen molar-refractivity contribution >= 4 is 13.7 Å². The van der Waals surface area contributed by atoms with Crippen LogP contribution in [0.5, 0.6) is 0 Å². The predicted octanol–water partition coefficient (Wildman–Crippen LogP) is 15.3. The molecule has 8 nitrogen and oxygen atoms in total. The van der Waals surface area contributed by atoms with E-state index in [9.17, 15) is 19.4 Å². The minimum Gasteiger partial charge on any atom is -0.756 e. The number of nitrogens with one attached hydrogen (secondary N) is 1. The number of hydrogen-bond donors (Lipinski definition) is 2. The van der Waals surface area contributed by atoms with E-state index in [1.807, 2.05) is 27.2 Å². The van der Waals surface area contributed by atoms with Crippen molar-refractivity contribution in [3.63, 3.8) is 0 Å². The van der Waals surface area contributed by atoms with Gasteiger partial charge in [-0.3, -0.25) is 9.36 Å². The van der Waals surface area contributed by atoms with Crippen LogP contribution in [-0.4, -0.2) is 68.5 Å². The fraction of sp³-hybridized carbons (Fsp3) is 0.610. The number of hydrogen-bond acceptors (Lipinski definition) is 6. The lowest BCUT2D eigenvalue weighted by Gasteiger charge is -2.29. The molecule has 0 aliphatic carbocycles. The standard InChI is InChI=1S/C59H99N2O6P/c1-6-8-10-12-14-16-18-20-22-24-25-26-27-28-29-30-31-32-33-34-35-37-39-41-43-45-47-49-51-53-59(63)60-57(56-67-68(64,65)66-55-54-61(3,4)5)58(62)52-50-48-46-44-42-40-38-36-23-21-19-17-15-13-11-9-7-2/h8,10,14,16,20,22,25-26,28-29,31-32,34-35,39,41-42,44-45,47,50,52,57-58,62H,6-7,9,11-13,15,17-19,21,23-24,27,30,33,36-38,40,43,46,48-49,51,53-56H2,1-5H3,(H-,60,63,64,65)/b10-8-,16-14-,22-20-,26-25-,29-28-,32-31-,35-34-,41-39-,44-42+,47-45-,52-50+. The van der Waals surface area contributed by atoms with Crippen molar-refractivity contribution in [1.29, 1.82) is 0 Å². The molecule has 0 aliphatic rings. The summed E-state index contributed by atoms with van der Waals surface area (Å²) in [6.07, 6.45) is 73.8. The highest BCUT2D eigenvalue weighted by molar-refractivity contribution is 7.45. The number of phosphoric ester groups is 1. The van der Waals surface area contributed by atoms with Crippen LogP contribution in [0.3, 0.4) is 0 Å². The van der Waals surface area contributed by atoms with Crippen LogP contribution in [0.25, 0.3) is 0 Å². The zero-order valence-corrected chi connectivity index (χ0v) is 44.6. The summed E-state index contributed by atoms with van der Waals surface area (Å²) >= 11 is 0. The summed E-state index contributed by atoms with van der Waals surface area (Å²) in [7, 11) is 1.18. The number of aliphatic hydroxyl groups excluding tert-OH is 1. The number of aliphatic hydroxyl groups is 1. The second-order valence-electron chi connectivity index (χ2n) is 18.5. The van der Waals surface area contributed by atoms with Gasteiger partial charge in [-0.25, -0.2) is 0 Å². The molecule has 9 heteroatoms. The molecule has 386 valence electrons. The third-order valence-corrected chi connectivity index (χ3v) is 11.8. The van der Waals surface area contributed by atoms with Crippen LogP contribution in [0, 0.1) is 0 Å². The SMILES string of the molecule is CC/C=C\C/C=C\C/C=C\C/C=C\C/C=C\C/C=C\C/C=C\C/C=C\C/C=C\CCCC(=O)NC(COP(=O)([O-])OCC[N+](C)(C)C)C(O)/C=C/CC/C=C/CCCCCCCCCCCCC. The molecule has 0 saturated heterocycles. The van der Waals surface area contributed by atoms with Gasteiger partial charge >= 0.3 is 0 Å². The first-order chi connectivity index (χ1) is 33.0. The maximum absolute atomic E-state index is 12.9. The van der Waals surface area contributed by atoms with Gasteiger partial charge in [0, 0.05) is 6.42 Å². The van der Waals surface area contributed by atoms with Gasteiger partial charge in [-0.15, -0.1) is 0 Å². The van der Waals surface area contributed by atoms with Gasteiger partial charge in [0.25, 0.3) is 7.82 Å². The summed E-state index contributed by atoms with van der Waals surface area (Å²) in [4.78, 5) is 25.4. The fourth-order valence-corrected chi connectivity index (χ4v) is 7.42. The van der Waals surface area contributed by atoms with Crippen molar-refractivity contribution in [3.05, 3.63) is 134 Å². The van der Waals surface area contributed by atoms with Crippen LogP contribution in [0.2, 0.25) is 0 Å². The third kappa shape index (κ3) is 50.5. The molecule has 0 aliphatic heterocycles. The highest BCUT2D eigenvalue weighted by atomic mass is 31.2. The largest absolute Gasteiger partial charge is 0.756 e. The second-order valence-corrected chi connectivity index (χ2v) is 19.9. The molecule has 0 aromatic carbocycles. The zero-order valence-electron chi connectivity index (χ0n) is 43.7. The number of quaternary nitrogens is 1. The Balaban J connectivity index is 4.47. The lowest BCUT2D eigenvalue weighted by molar-refractivity contribution is -0.870. The quantitative estimate of drug-likeness (QED) is 0.0272. The first kappa shape index (κ1) is 64.6. The van der Waals surface area contributed by atoms with Gasteiger partial charge in [-0.05, 0) is 96.3 Å². The van der Waals surface area contributed by atoms with Gasteiger partial charge in [-0.1, -0.05) is 212 Å². The molecule has 3 atom stereocenters. The van der Waals surface area contributed by atoms with Crippen molar-refractivity contribution in [3.8, 4) is 0 Å². The molecule has 0 heterocycles. The van der Waals surface area contributed by atoms with Crippen molar-refractivity contribution in [1.82, 2.24) is 5.32 Å². The molecule has 0 fully saturated rings. The molecule has 2 N–H and O–H groups in total. The average Bonchev–Trinajstić information content (AvgIpc) is 3.30. The Bertz CT molecular complexity index is 1560. The maximum atomic E-state index is 12.9. The highest BCUT2D eigenvalue weighted by Crippen LogP contribution is 2.38. The minimum atomic E-state index is -4.63. The lowest BCUT2D eigenvalue weighted by atomic mass is 10.1. The van der Waals surface area contributed by atoms with Crippen LogP contribution >= 0.6 is 7.82 Å². The molecule has 3 unspecified atom stereocenters. The van der Waals surface area contributed by atoms with E-state index in [0.29, 0.717) is 17.4 Å². The molecule has 0 spiro atoms. The third-order valence-electron chi connectivity index (χ3n) is 10.8. The van der Waals surface area contributed by atoms with Crippen LogP contribution < -0.4 is 10.2 Å². The smallest absolute Gasteiger partial charge is 0.268 e. The number of phosphoric acid groups is 1. The van der Waals surface area contributed by atoms with E-state index in [2.05, 4.69) is 141 Å². The first-order valence-corrected chi connectivity index (χ1v) is 28.0. The van der Waals surface area contributed by atoms with Crippen LogP contribution in [-0.2, 0) is 18.4 Å². The van der Waals surface area contributed by atoms with E-state index in [4.69, 9.17) is 9.05 Å². The zero-order chi connectivity index (χ0) is 49.9. The summed E-state index contributed by atoms with van der Waals surface area (Å²) in [5, 5.41) is 13.8. The van der Waals surface area contributed by atoms with E-state index < -0.39 is 26.6 Å². The van der Waals surface area contributed by atoms with Crippen molar-refractivity contribution in [2.24, 2.45) is 0 Å². The number of rotatable bonds is 46. The van der Waals surface area contributed by atoms with Gasteiger partial charge in [0.2, 0.25) is 5.91 Å².